The normalized spacial score (nSPS) is 22.4. The second-order valence-corrected chi connectivity index (χ2v) is 8.09. The van der Waals surface area contributed by atoms with Gasteiger partial charge in [0, 0.05) is 70.2 Å². The number of hydrogen-bond donors (Lipinski definition) is 0. The van der Waals surface area contributed by atoms with Gasteiger partial charge in [-0.2, -0.15) is 0 Å². The minimum Gasteiger partial charge on any atom is -0.354 e. The standard InChI is InChI=1S/C21H28N6/c1-2-8-22-20(6-1)27-12-10-26(11-13-27)19-15-25(16-19)14-18-7-9-23-21(24-18)17-4-3-5-17/h1-2,6-9,17,19H,3-5,10-16H2. The summed E-state index contributed by atoms with van der Waals surface area (Å²) in [5.74, 6) is 2.80. The van der Waals surface area contributed by atoms with Crippen molar-refractivity contribution in [2.24, 2.45) is 0 Å². The molecule has 2 aromatic rings. The molecule has 0 N–H and O–H groups in total. The predicted octanol–water partition coefficient (Wildman–Crippen LogP) is 2.15. The molecule has 0 radical (unpaired) electrons. The zero-order chi connectivity index (χ0) is 18.1. The molecular formula is C21H28N6. The molecule has 27 heavy (non-hydrogen) atoms. The zero-order valence-electron chi connectivity index (χ0n) is 15.9. The number of hydrogen-bond acceptors (Lipinski definition) is 6. The zero-order valence-corrected chi connectivity index (χ0v) is 15.9. The second-order valence-electron chi connectivity index (χ2n) is 8.09. The SMILES string of the molecule is c1ccc(N2CCN(C3CN(Cc4ccnc(C5CCC5)n4)C3)CC2)nc1. The largest absolute Gasteiger partial charge is 0.354 e. The van der Waals surface area contributed by atoms with Crippen LogP contribution in [0.4, 0.5) is 5.82 Å². The summed E-state index contributed by atoms with van der Waals surface area (Å²) in [4.78, 5) is 21.3. The third-order valence-electron chi connectivity index (χ3n) is 6.33. The van der Waals surface area contributed by atoms with Gasteiger partial charge >= 0.3 is 0 Å². The first-order chi connectivity index (χ1) is 13.3. The lowest BCUT2D eigenvalue weighted by Crippen LogP contribution is -2.62. The van der Waals surface area contributed by atoms with Crippen LogP contribution in [0.3, 0.4) is 0 Å². The van der Waals surface area contributed by atoms with Crippen molar-refractivity contribution in [3.8, 4) is 0 Å². The average Bonchev–Trinajstić information content (AvgIpc) is 2.64. The van der Waals surface area contributed by atoms with Gasteiger partial charge in [0.1, 0.15) is 11.6 Å². The van der Waals surface area contributed by atoms with E-state index in [1.807, 2.05) is 18.5 Å². The molecule has 0 spiro atoms. The van der Waals surface area contributed by atoms with E-state index in [4.69, 9.17) is 4.98 Å². The molecule has 1 aliphatic carbocycles. The van der Waals surface area contributed by atoms with Crippen LogP contribution in [0.1, 0.15) is 36.7 Å². The molecule has 0 unspecified atom stereocenters. The van der Waals surface area contributed by atoms with Crippen molar-refractivity contribution in [2.75, 3.05) is 44.2 Å². The summed E-state index contributed by atoms with van der Waals surface area (Å²) in [7, 11) is 0. The molecule has 4 heterocycles. The van der Waals surface area contributed by atoms with Crippen molar-refractivity contribution in [1.82, 2.24) is 24.8 Å². The number of pyridine rings is 1. The van der Waals surface area contributed by atoms with Crippen molar-refractivity contribution in [3.05, 3.63) is 48.2 Å². The Morgan fingerprint density at radius 3 is 2.48 bits per heavy atom. The van der Waals surface area contributed by atoms with Crippen LogP contribution >= 0.6 is 0 Å². The third kappa shape index (κ3) is 3.69. The number of anilines is 1. The Balaban J connectivity index is 1.09. The van der Waals surface area contributed by atoms with Gasteiger partial charge in [-0.3, -0.25) is 9.80 Å². The maximum atomic E-state index is 4.82. The van der Waals surface area contributed by atoms with Crippen molar-refractivity contribution in [2.45, 2.75) is 37.8 Å². The van der Waals surface area contributed by atoms with Crippen LogP contribution in [0, 0.1) is 0 Å². The Hall–Kier alpha value is -2.05. The topological polar surface area (TPSA) is 48.4 Å². The molecule has 2 saturated heterocycles. The lowest BCUT2D eigenvalue weighted by Gasteiger charge is -2.48. The highest BCUT2D eigenvalue weighted by molar-refractivity contribution is 5.38. The number of nitrogens with zero attached hydrogens (tertiary/aromatic N) is 6. The molecule has 5 rings (SSSR count). The van der Waals surface area contributed by atoms with Gasteiger partial charge in [-0.1, -0.05) is 12.5 Å². The minimum atomic E-state index is 0.615. The van der Waals surface area contributed by atoms with Crippen LogP contribution in [0.5, 0.6) is 0 Å². The van der Waals surface area contributed by atoms with E-state index in [0.717, 1.165) is 57.5 Å². The van der Waals surface area contributed by atoms with Crippen LogP contribution in [-0.4, -0.2) is 70.1 Å². The van der Waals surface area contributed by atoms with Crippen molar-refractivity contribution in [1.29, 1.82) is 0 Å². The van der Waals surface area contributed by atoms with E-state index in [-0.39, 0.29) is 0 Å². The Kier molecular flexibility index (Phi) is 4.76. The van der Waals surface area contributed by atoms with E-state index in [0.29, 0.717) is 12.0 Å². The van der Waals surface area contributed by atoms with Gasteiger partial charge in [0.15, 0.2) is 0 Å². The fraction of sp³-hybridized carbons (Fsp3) is 0.571. The number of rotatable bonds is 5. The lowest BCUT2D eigenvalue weighted by molar-refractivity contribution is 0.0247. The lowest BCUT2D eigenvalue weighted by atomic mass is 9.85. The monoisotopic (exact) mass is 364 g/mol. The Labute approximate surface area is 161 Å². The highest BCUT2D eigenvalue weighted by atomic mass is 15.4. The van der Waals surface area contributed by atoms with Crippen molar-refractivity contribution >= 4 is 5.82 Å². The van der Waals surface area contributed by atoms with Crippen LogP contribution in [-0.2, 0) is 6.54 Å². The maximum absolute atomic E-state index is 4.82. The summed E-state index contributed by atoms with van der Waals surface area (Å²) in [6.45, 7) is 7.70. The molecular weight excluding hydrogens is 336 g/mol. The molecule has 3 aliphatic rings. The van der Waals surface area contributed by atoms with Gasteiger partial charge in [-0.25, -0.2) is 15.0 Å². The molecule has 0 bridgehead atoms. The summed E-state index contributed by atoms with van der Waals surface area (Å²) in [5.41, 5.74) is 1.19. The molecule has 2 aromatic heterocycles. The van der Waals surface area contributed by atoms with Crippen molar-refractivity contribution in [3.63, 3.8) is 0 Å². The number of aromatic nitrogens is 3. The first-order valence-corrected chi connectivity index (χ1v) is 10.3. The molecule has 2 aliphatic heterocycles. The Bertz CT molecular complexity index is 748. The van der Waals surface area contributed by atoms with E-state index in [2.05, 4.69) is 42.9 Å². The molecule has 0 amide bonds. The Morgan fingerprint density at radius 1 is 0.926 bits per heavy atom. The van der Waals surface area contributed by atoms with Crippen LogP contribution in [0.2, 0.25) is 0 Å². The summed E-state index contributed by atoms with van der Waals surface area (Å²) >= 11 is 0. The summed E-state index contributed by atoms with van der Waals surface area (Å²) in [6.07, 6.45) is 7.69. The molecule has 0 atom stereocenters. The second kappa shape index (κ2) is 7.52. The van der Waals surface area contributed by atoms with Crippen LogP contribution in [0.25, 0.3) is 0 Å². The van der Waals surface area contributed by atoms with Gasteiger partial charge < -0.3 is 4.90 Å². The molecule has 142 valence electrons. The highest BCUT2D eigenvalue weighted by Crippen LogP contribution is 2.34. The summed E-state index contributed by atoms with van der Waals surface area (Å²) < 4.78 is 0. The van der Waals surface area contributed by atoms with Gasteiger partial charge in [-0.05, 0) is 31.0 Å². The minimum absolute atomic E-state index is 0.615. The van der Waals surface area contributed by atoms with E-state index in [1.54, 1.807) is 0 Å². The van der Waals surface area contributed by atoms with Crippen molar-refractivity contribution < 1.29 is 0 Å². The van der Waals surface area contributed by atoms with E-state index < -0.39 is 0 Å². The summed E-state index contributed by atoms with van der Waals surface area (Å²) in [5, 5.41) is 0. The first-order valence-electron chi connectivity index (χ1n) is 10.3. The van der Waals surface area contributed by atoms with Gasteiger partial charge in [0.2, 0.25) is 0 Å². The molecule has 1 saturated carbocycles. The van der Waals surface area contributed by atoms with E-state index in [9.17, 15) is 0 Å². The number of piperazine rings is 1. The van der Waals surface area contributed by atoms with E-state index in [1.165, 1.54) is 25.0 Å². The number of likely N-dealkylation sites (tertiary alicyclic amines) is 1. The van der Waals surface area contributed by atoms with Gasteiger partial charge in [0.05, 0.1) is 5.69 Å². The Morgan fingerprint density at radius 2 is 1.78 bits per heavy atom. The van der Waals surface area contributed by atoms with Gasteiger partial charge in [-0.15, -0.1) is 0 Å². The third-order valence-corrected chi connectivity index (χ3v) is 6.33. The molecule has 6 heteroatoms. The maximum Gasteiger partial charge on any atom is 0.131 e. The average molecular weight is 364 g/mol. The molecule has 6 nitrogen and oxygen atoms in total. The van der Waals surface area contributed by atoms with Gasteiger partial charge in [0.25, 0.3) is 0 Å². The van der Waals surface area contributed by atoms with Crippen LogP contribution in [0.15, 0.2) is 36.7 Å². The fourth-order valence-electron chi connectivity index (χ4n) is 4.35. The first kappa shape index (κ1) is 17.1. The smallest absolute Gasteiger partial charge is 0.131 e. The van der Waals surface area contributed by atoms with Crippen LogP contribution < -0.4 is 4.90 Å². The molecule has 0 aromatic carbocycles. The highest BCUT2D eigenvalue weighted by Gasteiger charge is 2.34. The quantitative estimate of drug-likeness (QED) is 0.810. The molecule has 3 fully saturated rings. The van der Waals surface area contributed by atoms with E-state index >= 15 is 0 Å². The predicted molar refractivity (Wildman–Crippen MR) is 106 cm³/mol. The fourth-order valence-corrected chi connectivity index (χ4v) is 4.35. The summed E-state index contributed by atoms with van der Waals surface area (Å²) in [6, 6.07) is 8.95.